The van der Waals surface area contributed by atoms with Crippen LogP contribution >= 0.6 is 0 Å². The SMILES string of the molecule is COc1cnc(-c2cnccn2)c2c1C(C(=O)C(=O)N1CCN(C(=O)c3cccc(C)n3)CC1)CN2. The van der Waals surface area contributed by atoms with Crippen molar-refractivity contribution in [3.63, 3.8) is 0 Å². The fraction of sp³-hybridized carbons (Fsp3) is 0.320. The smallest absolute Gasteiger partial charge is 0.290 e. The summed E-state index contributed by atoms with van der Waals surface area (Å²) in [6, 6.07) is 5.30. The number of hydrogen-bond donors (Lipinski definition) is 1. The second kappa shape index (κ2) is 9.68. The van der Waals surface area contributed by atoms with E-state index in [1.54, 1.807) is 35.6 Å². The Labute approximate surface area is 207 Å². The number of Topliss-reactive ketones (excluding diaryl/α,β-unsaturated/α-hetero) is 1. The monoisotopic (exact) mass is 487 g/mol. The van der Waals surface area contributed by atoms with Gasteiger partial charge in [-0.1, -0.05) is 6.07 Å². The molecular weight excluding hydrogens is 462 g/mol. The number of methoxy groups -OCH3 is 1. The lowest BCUT2D eigenvalue weighted by Crippen LogP contribution is -2.52. The maximum Gasteiger partial charge on any atom is 0.290 e. The third kappa shape index (κ3) is 4.23. The zero-order chi connectivity index (χ0) is 25.2. The molecule has 1 atom stereocenters. The van der Waals surface area contributed by atoms with Crippen molar-refractivity contribution >= 4 is 23.3 Å². The quantitative estimate of drug-likeness (QED) is 0.529. The predicted octanol–water partition coefficient (Wildman–Crippen LogP) is 1.31. The molecule has 0 radical (unpaired) electrons. The Kier molecular flexibility index (Phi) is 6.28. The van der Waals surface area contributed by atoms with Gasteiger partial charge in [0.25, 0.3) is 11.8 Å². The van der Waals surface area contributed by atoms with Crippen molar-refractivity contribution in [2.45, 2.75) is 12.8 Å². The molecule has 1 unspecified atom stereocenters. The molecule has 11 nitrogen and oxygen atoms in total. The first-order valence-corrected chi connectivity index (χ1v) is 11.6. The summed E-state index contributed by atoms with van der Waals surface area (Å²) >= 11 is 0. The van der Waals surface area contributed by atoms with E-state index < -0.39 is 17.6 Å². The number of amides is 2. The predicted molar refractivity (Wildman–Crippen MR) is 130 cm³/mol. The highest BCUT2D eigenvalue weighted by Gasteiger charge is 2.40. The van der Waals surface area contributed by atoms with Crippen LogP contribution in [0.2, 0.25) is 0 Å². The first-order chi connectivity index (χ1) is 17.5. The molecule has 2 aliphatic rings. The van der Waals surface area contributed by atoms with Crippen LogP contribution in [0.5, 0.6) is 5.75 Å². The normalized spacial score (nSPS) is 16.8. The Morgan fingerprint density at radius 1 is 1.03 bits per heavy atom. The highest BCUT2D eigenvalue weighted by Crippen LogP contribution is 2.43. The average molecular weight is 488 g/mol. The number of nitrogens with one attached hydrogen (secondary N) is 1. The Morgan fingerprint density at radius 3 is 2.50 bits per heavy atom. The van der Waals surface area contributed by atoms with Gasteiger partial charge in [-0.3, -0.25) is 24.4 Å². The Balaban J connectivity index is 1.31. The van der Waals surface area contributed by atoms with Gasteiger partial charge in [-0.25, -0.2) is 9.97 Å². The fourth-order valence-electron chi connectivity index (χ4n) is 4.58. The number of anilines is 1. The maximum absolute atomic E-state index is 13.4. The van der Waals surface area contributed by atoms with Gasteiger partial charge in [0.15, 0.2) is 0 Å². The van der Waals surface area contributed by atoms with E-state index in [9.17, 15) is 14.4 Å². The van der Waals surface area contributed by atoms with Crippen molar-refractivity contribution in [2.24, 2.45) is 0 Å². The molecule has 2 aliphatic heterocycles. The number of piperazine rings is 1. The molecular formula is C25H25N7O4. The topological polar surface area (TPSA) is 131 Å². The molecule has 0 aliphatic carbocycles. The lowest BCUT2D eigenvalue weighted by atomic mass is 9.94. The number of hydrogen-bond acceptors (Lipinski definition) is 9. The van der Waals surface area contributed by atoms with E-state index in [0.717, 1.165) is 5.69 Å². The van der Waals surface area contributed by atoms with Crippen LogP contribution in [0.25, 0.3) is 11.4 Å². The van der Waals surface area contributed by atoms with E-state index >= 15 is 0 Å². The third-order valence-electron chi connectivity index (χ3n) is 6.43. The summed E-state index contributed by atoms with van der Waals surface area (Å²) < 4.78 is 5.48. The molecule has 1 saturated heterocycles. The summed E-state index contributed by atoms with van der Waals surface area (Å²) in [7, 11) is 1.50. The van der Waals surface area contributed by atoms with Crippen LogP contribution in [-0.4, -0.2) is 87.2 Å². The van der Waals surface area contributed by atoms with Gasteiger partial charge in [-0.05, 0) is 19.1 Å². The number of aryl methyl sites for hydroxylation is 1. The van der Waals surface area contributed by atoms with Crippen molar-refractivity contribution in [1.29, 1.82) is 0 Å². The minimum Gasteiger partial charge on any atom is -0.495 e. The first kappa shape index (κ1) is 23.3. The van der Waals surface area contributed by atoms with Gasteiger partial charge >= 0.3 is 0 Å². The van der Waals surface area contributed by atoms with Crippen LogP contribution in [-0.2, 0) is 9.59 Å². The van der Waals surface area contributed by atoms with Crippen LogP contribution in [0.15, 0.2) is 43.0 Å². The largest absolute Gasteiger partial charge is 0.495 e. The second-order valence-corrected chi connectivity index (χ2v) is 8.60. The number of carbonyl (C=O) groups excluding carboxylic acids is 3. The molecule has 5 heterocycles. The molecule has 3 aromatic rings. The summed E-state index contributed by atoms with van der Waals surface area (Å²) in [6.45, 7) is 3.28. The van der Waals surface area contributed by atoms with E-state index in [1.807, 2.05) is 13.0 Å². The zero-order valence-corrected chi connectivity index (χ0v) is 20.0. The summed E-state index contributed by atoms with van der Waals surface area (Å²) in [4.78, 5) is 59.6. The lowest BCUT2D eigenvalue weighted by molar-refractivity contribution is -0.146. The lowest BCUT2D eigenvalue weighted by Gasteiger charge is -2.34. The van der Waals surface area contributed by atoms with Crippen molar-refractivity contribution < 1.29 is 19.1 Å². The number of ether oxygens (including phenoxy) is 1. The van der Waals surface area contributed by atoms with Gasteiger partial charge in [0.2, 0.25) is 5.78 Å². The summed E-state index contributed by atoms with van der Waals surface area (Å²) in [5.41, 5.74) is 3.43. The number of pyridine rings is 2. The second-order valence-electron chi connectivity index (χ2n) is 8.60. The van der Waals surface area contributed by atoms with Gasteiger partial charge in [0.05, 0.1) is 31.1 Å². The Morgan fingerprint density at radius 2 is 1.81 bits per heavy atom. The standard InChI is InChI=1S/C25H25N7O4/c1-15-4-3-5-17(30-15)24(34)31-8-10-32(11-9-31)25(35)23(33)16-12-28-22-20(16)19(36-2)14-29-21(22)18-13-26-6-7-27-18/h3-7,13-14,16,28H,8-12H2,1-2H3. The van der Waals surface area contributed by atoms with Crippen LogP contribution < -0.4 is 10.1 Å². The first-order valence-electron chi connectivity index (χ1n) is 11.6. The van der Waals surface area contributed by atoms with E-state index in [2.05, 4.69) is 25.3 Å². The van der Waals surface area contributed by atoms with Gasteiger partial charge in [-0.15, -0.1) is 0 Å². The van der Waals surface area contributed by atoms with Crippen LogP contribution in [0.3, 0.4) is 0 Å². The molecule has 1 fully saturated rings. The molecule has 0 aromatic carbocycles. The van der Waals surface area contributed by atoms with E-state index in [4.69, 9.17) is 4.74 Å². The highest BCUT2D eigenvalue weighted by molar-refractivity contribution is 6.38. The highest BCUT2D eigenvalue weighted by atomic mass is 16.5. The van der Waals surface area contributed by atoms with Gasteiger partial charge < -0.3 is 19.9 Å². The molecule has 3 aromatic heterocycles. The molecule has 1 N–H and O–H groups in total. The van der Waals surface area contributed by atoms with Gasteiger partial charge in [0, 0.05) is 56.4 Å². The molecule has 184 valence electrons. The summed E-state index contributed by atoms with van der Waals surface area (Å²) in [6.07, 6.45) is 6.25. The van der Waals surface area contributed by atoms with E-state index in [-0.39, 0.29) is 25.5 Å². The Hall–Kier alpha value is -4.41. The summed E-state index contributed by atoms with van der Waals surface area (Å²) in [5, 5.41) is 3.21. The molecule has 0 bridgehead atoms. The molecule has 36 heavy (non-hydrogen) atoms. The number of rotatable bonds is 5. The number of carbonyl (C=O) groups is 3. The molecule has 0 spiro atoms. The number of fused-ring (bicyclic) bond motifs is 1. The Bertz CT molecular complexity index is 1320. The van der Waals surface area contributed by atoms with E-state index in [1.165, 1.54) is 18.2 Å². The van der Waals surface area contributed by atoms with Crippen molar-refractivity contribution in [1.82, 2.24) is 29.7 Å². The van der Waals surface area contributed by atoms with Gasteiger partial charge in [0.1, 0.15) is 22.8 Å². The fourth-order valence-corrected chi connectivity index (χ4v) is 4.58. The molecule has 2 amide bonds. The number of ketones is 1. The molecule has 11 heteroatoms. The van der Waals surface area contributed by atoms with Crippen LogP contribution in [0, 0.1) is 6.92 Å². The van der Waals surface area contributed by atoms with Crippen molar-refractivity contribution in [3.8, 4) is 17.1 Å². The minimum absolute atomic E-state index is 0.181. The maximum atomic E-state index is 13.4. The third-order valence-corrected chi connectivity index (χ3v) is 6.43. The van der Waals surface area contributed by atoms with E-state index in [0.29, 0.717) is 47.2 Å². The zero-order valence-electron chi connectivity index (χ0n) is 20.0. The number of aromatic nitrogens is 4. The summed E-state index contributed by atoms with van der Waals surface area (Å²) in [5.74, 6) is -1.59. The van der Waals surface area contributed by atoms with Crippen molar-refractivity contribution in [3.05, 3.63) is 59.9 Å². The minimum atomic E-state index is -0.725. The van der Waals surface area contributed by atoms with Crippen LogP contribution in [0.1, 0.15) is 27.7 Å². The molecule has 5 rings (SSSR count). The average Bonchev–Trinajstić information content (AvgIpc) is 3.37. The molecule has 0 saturated carbocycles. The van der Waals surface area contributed by atoms with Crippen LogP contribution in [0.4, 0.5) is 5.69 Å². The van der Waals surface area contributed by atoms with Crippen molar-refractivity contribution in [2.75, 3.05) is 45.2 Å². The number of nitrogens with zero attached hydrogens (tertiary/aromatic N) is 6. The van der Waals surface area contributed by atoms with Gasteiger partial charge in [-0.2, -0.15) is 0 Å².